The lowest BCUT2D eigenvalue weighted by atomic mass is 9.98. The number of urea groups is 1. The van der Waals surface area contributed by atoms with E-state index in [-0.39, 0.29) is 35.2 Å². The molecule has 0 aromatic heterocycles. The molecule has 0 saturated carbocycles. The first-order chi connectivity index (χ1) is 9.79. The lowest BCUT2D eigenvalue weighted by Crippen LogP contribution is -2.46. The van der Waals surface area contributed by atoms with E-state index in [2.05, 4.69) is 5.32 Å². The zero-order valence-corrected chi connectivity index (χ0v) is 12.4. The summed E-state index contributed by atoms with van der Waals surface area (Å²) in [5.74, 6) is -1.48. The van der Waals surface area contributed by atoms with Gasteiger partial charge < -0.3 is 10.2 Å². The molecular formula is C13H13Cl2F3N2O. The number of anilines is 1. The van der Waals surface area contributed by atoms with Crippen LogP contribution in [0.3, 0.4) is 0 Å². The number of carbonyl (C=O) groups excluding carboxylic acids is 1. The van der Waals surface area contributed by atoms with E-state index in [1.54, 1.807) is 12.1 Å². The van der Waals surface area contributed by atoms with Crippen LogP contribution in [0.1, 0.15) is 12.8 Å². The number of amides is 2. The smallest absolute Gasteiger partial charge is 0.324 e. The molecule has 2 rings (SSSR count). The van der Waals surface area contributed by atoms with Gasteiger partial charge in [0.2, 0.25) is 0 Å². The molecule has 2 amide bonds. The van der Waals surface area contributed by atoms with Gasteiger partial charge in [0.25, 0.3) is 0 Å². The Labute approximate surface area is 130 Å². The third-order valence-electron chi connectivity index (χ3n) is 3.36. The van der Waals surface area contributed by atoms with Crippen LogP contribution in [0.25, 0.3) is 0 Å². The highest BCUT2D eigenvalue weighted by Crippen LogP contribution is 2.34. The lowest BCUT2D eigenvalue weighted by Gasteiger charge is -2.33. The van der Waals surface area contributed by atoms with Crippen molar-refractivity contribution in [2.75, 3.05) is 18.4 Å². The van der Waals surface area contributed by atoms with Crippen LogP contribution in [0.2, 0.25) is 10.0 Å². The van der Waals surface area contributed by atoms with Gasteiger partial charge in [0.1, 0.15) is 0 Å². The van der Waals surface area contributed by atoms with Crippen LogP contribution in [0, 0.1) is 5.92 Å². The van der Waals surface area contributed by atoms with Crippen molar-refractivity contribution in [3.8, 4) is 0 Å². The summed E-state index contributed by atoms with van der Waals surface area (Å²) in [6.07, 6.45) is -3.92. The van der Waals surface area contributed by atoms with Crippen molar-refractivity contribution in [3.05, 3.63) is 28.2 Å². The molecule has 0 radical (unpaired) electrons. The monoisotopic (exact) mass is 340 g/mol. The van der Waals surface area contributed by atoms with E-state index in [1.165, 1.54) is 6.07 Å². The van der Waals surface area contributed by atoms with Crippen LogP contribution in [-0.2, 0) is 0 Å². The predicted molar refractivity (Wildman–Crippen MR) is 75.8 cm³/mol. The van der Waals surface area contributed by atoms with Crippen LogP contribution in [-0.4, -0.2) is 30.2 Å². The molecule has 0 spiro atoms. The van der Waals surface area contributed by atoms with Crippen LogP contribution in [0.4, 0.5) is 23.7 Å². The van der Waals surface area contributed by atoms with E-state index >= 15 is 0 Å². The number of alkyl halides is 3. The first-order valence-corrected chi connectivity index (χ1v) is 7.11. The van der Waals surface area contributed by atoms with E-state index in [9.17, 15) is 18.0 Å². The molecule has 1 aromatic carbocycles. The minimum Gasteiger partial charge on any atom is -0.324 e. The molecule has 1 fully saturated rings. The number of hydrogen-bond donors (Lipinski definition) is 1. The van der Waals surface area contributed by atoms with Crippen molar-refractivity contribution in [2.45, 2.75) is 19.0 Å². The summed E-state index contributed by atoms with van der Waals surface area (Å²) in [6, 6.07) is 4.09. The highest BCUT2D eigenvalue weighted by atomic mass is 35.5. The summed E-state index contributed by atoms with van der Waals surface area (Å²) in [5, 5.41) is 2.92. The van der Waals surface area contributed by atoms with Gasteiger partial charge in [-0.15, -0.1) is 0 Å². The zero-order valence-electron chi connectivity index (χ0n) is 10.9. The van der Waals surface area contributed by atoms with Gasteiger partial charge >= 0.3 is 12.2 Å². The third-order valence-corrected chi connectivity index (χ3v) is 4.18. The Kier molecular flexibility index (Phi) is 4.88. The fraction of sp³-hybridized carbons (Fsp3) is 0.462. The van der Waals surface area contributed by atoms with Crippen molar-refractivity contribution in [3.63, 3.8) is 0 Å². The topological polar surface area (TPSA) is 32.3 Å². The minimum atomic E-state index is -4.29. The Morgan fingerprint density at radius 2 is 2.05 bits per heavy atom. The third kappa shape index (κ3) is 3.95. The molecule has 1 atom stereocenters. The van der Waals surface area contributed by atoms with E-state index in [0.717, 1.165) is 4.90 Å². The van der Waals surface area contributed by atoms with E-state index in [1.807, 2.05) is 0 Å². The molecule has 1 aliphatic heterocycles. The number of carbonyl (C=O) groups is 1. The molecule has 21 heavy (non-hydrogen) atoms. The zero-order chi connectivity index (χ0) is 15.6. The minimum absolute atomic E-state index is 0.0468. The molecule has 1 aliphatic rings. The second kappa shape index (κ2) is 6.32. The maximum absolute atomic E-state index is 12.7. The van der Waals surface area contributed by atoms with Crippen molar-refractivity contribution in [1.82, 2.24) is 4.90 Å². The molecule has 0 aliphatic carbocycles. The number of nitrogens with one attached hydrogen (secondary N) is 1. The number of benzene rings is 1. The summed E-state index contributed by atoms with van der Waals surface area (Å²) in [5.41, 5.74) is 0.281. The highest BCUT2D eigenvalue weighted by molar-refractivity contribution is 6.43. The normalized spacial score (nSPS) is 19.5. The second-order valence-corrected chi connectivity index (χ2v) is 5.64. The number of hydrogen-bond acceptors (Lipinski definition) is 1. The lowest BCUT2D eigenvalue weighted by molar-refractivity contribution is -0.183. The largest absolute Gasteiger partial charge is 0.393 e. The second-order valence-electron chi connectivity index (χ2n) is 4.86. The average Bonchev–Trinajstić information content (AvgIpc) is 2.43. The molecule has 1 N–H and O–H groups in total. The molecule has 0 unspecified atom stereocenters. The number of rotatable bonds is 1. The maximum Gasteiger partial charge on any atom is 0.393 e. The SMILES string of the molecule is O=C(Nc1cccc(Cl)c1Cl)N1CCC[C@H](C(F)(F)F)C1. The number of halogens is 5. The van der Waals surface area contributed by atoms with Crippen molar-refractivity contribution in [1.29, 1.82) is 0 Å². The number of piperidine rings is 1. The fourth-order valence-corrected chi connectivity index (χ4v) is 2.57. The van der Waals surface area contributed by atoms with Gasteiger partial charge in [-0.2, -0.15) is 13.2 Å². The molecule has 1 saturated heterocycles. The first kappa shape index (κ1) is 16.2. The van der Waals surface area contributed by atoms with Gasteiger partial charge in [0.15, 0.2) is 0 Å². The van der Waals surface area contributed by atoms with Gasteiger partial charge in [-0.25, -0.2) is 4.79 Å². The summed E-state index contributed by atoms with van der Waals surface area (Å²) in [6.45, 7) is -0.0515. The standard InChI is InChI=1S/C13H13Cl2F3N2O/c14-9-4-1-5-10(11(9)15)19-12(21)20-6-2-3-8(7-20)13(16,17)18/h1,4-5,8H,2-3,6-7H2,(H,19,21)/t8-/m0/s1. The molecular weight excluding hydrogens is 328 g/mol. The van der Waals surface area contributed by atoms with Gasteiger partial charge in [0.05, 0.1) is 21.7 Å². The van der Waals surface area contributed by atoms with Crippen LogP contribution in [0.15, 0.2) is 18.2 Å². The van der Waals surface area contributed by atoms with E-state index < -0.39 is 18.1 Å². The van der Waals surface area contributed by atoms with Crippen molar-refractivity contribution >= 4 is 34.9 Å². The number of nitrogens with zero attached hydrogens (tertiary/aromatic N) is 1. The summed E-state index contributed by atoms with van der Waals surface area (Å²) in [4.78, 5) is 13.2. The Balaban J connectivity index is 2.05. The first-order valence-electron chi connectivity index (χ1n) is 6.35. The quantitative estimate of drug-likeness (QED) is 0.782. The Morgan fingerprint density at radius 1 is 1.33 bits per heavy atom. The summed E-state index contributed by atoms with van der Waals surface area (Å²) in [7, 11) is 0. The molecule has 1 heterocycles. The highest BCUT2D eigenvalue weighted by Gasteiger charge is 2.42. The van der Waals surface area contributed by atoms with Crippen LogP contribution < -0.4 is 5.32 Å². The molecule has 0 bridgehead atoms. The van der Waals surface area contributed by atoms with E-state index in [0.29, 0.717) is 6.42 Å². The Bertz CT molecular complexity index is 537. The van der Waals surface area contributed by atoms with Gasteiger partial charge in [-0.1, -0.05) is 29.3 Å². The average molecular weight is 341 g/mol. The molecule has 116 valence electrons. The summed E-state index contributed by atoms with van der Waals surface area (Å²) < 4.78 is 38.2. The van der Waals surface area contributed by atoms with Gasteiger partial charge in [0, 0.05) is 13.1 Å². The predicted octanol–water partition coefficient (Wildman–Crippen LogP) is 4.80. The van der Waals surface area contributed by atoms with Crippen molar-refractivity contribution < 1.29 is 18.0 Å². The van der Waals surface area contributed by atoms with Gasteiger partial charge in [-0.05, 0) is 25.0 Å². The van der Waals surface area contributed by atoms with Crippen LogP contribution >= 0.6 is 23.2 Å². The Hall–Kier alpha value is -1.14. The molecule has 3 nitrogen and oxygen atoms in total. The fourth-order valence-electron chi connectivity index (χ4n) is 2.22. The van der Waals surface area contributed by atoms with E-state index in [4.69, 9.17) is 23.2 Å². The molecule has 8 heteroatoms. The van der Waals surface area contributed by atoms with Gasteiger partial charge in [-0.3, -0.25) is 0 Å². The van der Waals surface area contributed by atoms with Crippen molar-refractivity contribution in [2.24, 2.45) is 5.92 Å². The molecule has 1 aromatic rings. The van der Waals surface area contributed by atoms with Crippen LogP contribution in [0.5, 0.6) is 0 Å². The maximum atomic E-state index is 12.7. The number of likely N-dealkylation sites (tertiary alicyclic amines) is 1. The Morgan fingerprint density at radius 3 is 2.71 bits per heavy atom. The summed E-state index contributed by atoms with van der Waals surface area (Å²) >= 11 is 11.8.